The van der Waals surface area contributed by atoms with Gasteiger partial charge in [-0.2, -0.15) is 5.10 Å². The Morgan fingerprint density at radius 1 is 1.56 bits per heavy atom. The first-order valence-electron chi connectivity index (χ1n) is 4.30. The van der Waals surface area contributed by atoms with Crippen molar-refractivity contribution in [1.29, 1.82) is 0 Å². The van der Waals surface area contributed by atoms with E-state index < -0.39 is 6.03 Å². The number of halogens is 1. The van der Waals surface area contributed by atoms with Gasteiger partial charge in [0.1, 0.15) is 5.69 Å². The Morgan fingerprint density at radius 3 is 3.00 bits per heavy atom. The van der Waals surface area contributed by atoms with Crippen LogP contribution in [-0.2, 0) is 0 Å². The Bertz CT molecular complexity index is 513. The molecule has 5 nitrogen and oxygen atoms in total. The van der Waals surface area contributed by atoms with E-state index in [1.54, 1.807) is 18.3 Å². The van der Waals surface area contributed by atoms with Gasteiger partial charge < -0.3 is 11.1 Å². The minimum Gasteiger partial charge on any atom is -0.351 e. The van der Waals surface area contributed by atoms with Gasteiger partial charge in [-0.15, -0.1) is 16.4 Å². The van der Waals surface area contributed by atoms with Crippen LogP contribution in [0.1, 0.15) is 0 Å². The Morgan fingerprint density at radius 2 is 2.38 bits per heavy atom. The molecule has 0 bridgehead atoms. The van der Waals surface area contributed by atoms with Gasteiger partial charge in [0.25, 0.3) is 0 Å². The highest BCUT2D eigenvalue weighted by Crippen LogP contribution is 2.37. The summed E-state index contributed by atoms with van der Waals surface area (Å²) in [4.78, 5) is 11.6. The van der Waals surface area contributed by atoms with Crippen LogP contribution in [0, 0.1) is 0 Å². The van der Waals surface area contributed by atoms with Crippen LogP contribution in [0.5, 0.6) is 0 Å². The standard InChI is InChI=1S/C9H7BrN4OS/c10-7-4-6(13-9(11)15)8(16-7)5-2-1-3-12-14-5/h1-4H,(H3,11,13,15). The van der Waals surface area contributed by atoms with Gasteiger partial charge in [0.15, 0.2) is 0 Å². The highest BCUT2D eigenvalue weighted by Gasteiger charge is 2.12. The van der Waals surface area contributed by atoms with Crippen molar-refractivity contribution < 1.29 is 4.79 Å². The average Bonchev–Trinajstić information content (AvgIpc) is 2.60. The minimum atomic E-state index is -0.601. The summed E-state index contributed by atoms with van der Waals surface area (Å²) in [5, 5.41) is 10.3. The summed E-state index contributed by atoms with van der Waals surface area (Å²) in [6.07, 6.45) is 1.59. The van der Waals surface area contributed by atoms with Crippen LogP contribution in [-0.4, -0.2) is 16.2 Å². The van der Waals surface area contributed by atoms with E-state index in [0.717, 1.165) is 8.66 Å². The lowest BCUT2D eigenvalue weighted by Gasteiger charge is -2.01. The molecule has 0 fully saturated rings. The van der Waals surface area contributed by atoms with Crippen LogP contribution in [0.2, 0.25) is 0 Å². The first-order valence-corrected chi connectivity index (χ1v) is 5.91. The van der Waals surface area contributed by atoms with Crippen molar-refractivity contribution in [3.8, 4) is 10.6 Å². The molecule has 0 saturated heterocycles. The molecule has 0 saturated carbocycles. The number of thiophene rings is 1. The van der Waals surface area contributed by atoms with E-state index in [0.29, 0.717) is 11.4 Å². The quantitative estimate of drug-likeness (QED) is 0.893. The maximum Gasteiger partial charge on any atom is 0.316 e. The van der Waals surface area contributed by atoms with Gasteiger partial charge in [-0.05, 0) is 34.1 Å². The number of hydrogen-bond donors (Lipinski definition) is 2. The Hall–Kier alpha value is -1.47. The second-order valence-electron chi connectivity index (χ2n) is 2.89. The predicted octanol–water partition coefficient (Wildman–Crippen LogP) is 2.46. The van der Waals surface area contributed by atoms with Crippen molar-refractivity contribution in [1.82, 2.24) is 10.2 Å². The fourth-order valence-electron chi connectivity index (χ4n) is 1.20. The fourth-order valence-corrected chi connectivity index (χ4v) is 2.72. The lowest BCUT2D eigenvalue weighted by atomic mass is 10.3. The molecule has 2 aromatic heterocycles. The molecule has 16 heavy (non-hydrogen) atoms. The van der Waals surface area contributed by atoms with Crippen molar-refractivity contribution in [2.24, 2.45) is 5.73 Å². The lowest BCUT2D eigenvalue weighted by Crippen LogP contribution is -2.19. The van der Waals surface area contributed by atoms with E-state index in [4.69, 9.17) is 5.73 Å². The summed E-state index contributed by atoms with van der Waals surface area (Å²) in [6, 6.07) is 4.77. The summed E-state index contributed by atoms with van der Waals surface area (Å²) in [6.45, 7) is 0. The molecule has 0 spiro atoms. The first kappa shape index (κ1) is 11.0. The monoisotopic (exact) mass is 298 g/mol. The number of primary amides is 1. The van der Waals surface area contributed by atoms with Gasteiger partial charge in [-0.25, -0.2) is 4.79 Å². The minimum absolute atomic E-state index is 0.601. The van der Waals surface area contributed by atoms with E-state index >= 15 is 0 Å². The number of aromatic nitrogens is 2. The average molecular weight is 299 g/mol. The number of amides is 2. The number of hydrogen-bond acceptors (Lipinski definition) is 4. The molecule has 82 valence electrons. The van der Waals surface area contributed by atoms with Crippen molar-refractivity contribution >= 4 is 39.0 Å². The molecule has 7 heteroatoms. The molecule has 3 N–H and O–H groups in total. The van der Waals surface area contributed by atoms with Gasteiger partial charge in [0.05, 0.1) is 14.4 Å². The molecule has 0 aliphatic rings. The van der Waals surface area contributed by atoms with Crippen LogP contribution < -0.4 is 11.1 Å². The number of nitrogens with one attached hydrogen (secondary N) is 1. The maximum absolute atomic E-state index is 10.8. The summed E-state index contributed by atoms with van der Waals surface area (Å²) in [7, 11) is 0. The SMILES string of the molecule is NC(=O)Nc1cc(Br)sc1-c1cccnn1. The van der Waals surface area contributed by atoms with Crippen LogP contribution in [0.3, 0.4) is 0 Å². The zero-order chi connectivity index (χ0) is 11.5. The van der Waals surface area contributed by atoms with E-state index in [1.807, 2.05) is 6.07 Å². The molecular formula is C9H7BrN4OS. The molecule has 2 amide bonds. The molecule has 0 aliphatic carbocycles. The highest BCUT2D eigenvalue weighted by molar-refractivity contribution is 9.11. The number of nitrogens with two attached hydrogens (primary N) is 1. The van der Waals surface area contributed by atoms with Crippen molar-refractivity contribution in [2.45, 2.75) is 0 Å². The van der Waals surface area contributed by atoms with Gasteiger partial charge in [0, 0.05) is 6.20 Å². The smallest absolute Gasteiger partial charge is 0.316 e. The van der Waals surface area contributed by atoms with Crippen molar-refractivity contribution in [3.05, 3.63) is 28.2 Å². The molecule has 0 aliphatic heterocycles. The predicted molar refractivity (Wildman–Crippen MR) is 66.3 cm³/mol. The van der Waals surface area contributed by atoms with Crippen molar-refractivity contribution in [3.63, 3.8) is 0 Å². The molecule has 2 rings (SSSR count). The molecule has 2 aromatic rings. The molecule has 0 unspecified atom stereocenters. The second-order valence-corrected chi connectivity index (χ2v) is 5.32. The second kappa shape index (κ2) is 4.58. The summed E-state index contributed by atoms with van der Waals surface area (Å²) in [5.74, 6) is 0. The zero-order valence-corrected chi connectivity index (χ0v) is 10.4. The fraction of sp³-hybridized carbons (Fsp3) is 0. The largest absolute Gasteiger partial charge is 0.351 e. The van der Waals surface area contributed by atoms with E-state index in [-0.39, 0.29) is 0 Å². The van der Waals surface area contributed by atoms with E-state index in [9.17, 15) is 4.79 Å². The first-order chi connectivity index (χ1) is 7.66. The van der Waals surface area contributed by atoms with Crippen LogP contribution >= 0.6 is 27.3 Å². The Kier molecular flexibility index (Phi) is 3.16. The number of nitrogens with zero attached hydrogens (tertiary/aromatic N) is 2. The van der Waals surface area contributed by atoms with Crippen LogP contribution in [0.15, 0.2) is 28.2 Å². The third kappa shape index (κ3) is 2.37. The Balaban J connectivity index is 2.44. The number of urea groups is 1. The van der Waals surface area contributed by atoms with E-state index in [1.165, 1.54) is 11.3 Å². The van der Waals surface area contributed by atoms with Crippen LogP contribution in [0.25, 0.3) is 10.6 Å². The van der Waals surface area contributed by atoms with Gasteiger partial charge >= 0.3 is 6.03 Å². The van der Waals surface area contributed by atoms with Gasteiger partial charge in [0.2, 0.25) is 0 Å². The topological polar surface area (TPSA) is 80.9 Å². The van der Waals surface area contributed by atoms with Gasteiger partial charge in [-0.1, -0.05) is 0 Å². The number of carbonyl (C=O) groups is 1. The molecule has 0 radical (unpaired) electrons. The van der Waals surface area contributed by atoms with Gasteiger partial charge in [-0.3, -0.25) is 0 Å². The molecule has 2 heterocycles. The third-order valence-corrected chi connectivity index (χ3v) is 3.43. The number of anilines is 1. The highest BCUT2D eigenvalue weighted by atomic mass is 79.9. The summed E-state index contributed by atoms with van der Waals surface area (Å²) < 4.78 is 0.886. The molecular weight excluding hydrogens is 292 g/mol. The number of rotatable bonds is 2. The third-order valence-electron chi connectivity index (χ3n) is 1.76. The Labute approximate surface area is 104 Å². The molecule has 0 atom stereocenters. The normalized spacial score (nSPS) is 10.1. The maximum atomic E-state index is 10.8. The lowest BCUT2D eigenvalue weighted by molar-refractivity contribution is 0.259. The van der Waals surface area contributed by atoms with E-state index in [2.05, 4.69) is 31.4 Å². The number of carbonyl (C=O) groups excluding carboxylic acids is 1. The summed E-state index contributed by atoms with van der Waals surface area (Å²) >= 11 is 4.80. The molecule has 0 aromatic carbocycles. The zero-order valence-electron chi connectivity index (χ0n) is 7.98. The van der Waals surface area contributed by atoms with Crippen molar-refractivity contribution in [2.75, 3.05) is 5.32 Å². The van der Waals surface area contributed by atoms with Crippen LogP contribution in [0.4, 0.5) is 10.5 Å². The summed E-state index contributed by atoms with van der Waals surface area (Å²) in [5.41, 5.74) is 6.41.